The number of hydrogen-bond donors (Lipinski definition) is 0. The van der Waals surface area contributed by atoms with E-state index in [-0.39, 0.29) is 11.4 Å². The van der Waals surface area contributed by atoms with Gasteiger partial charge in [-0.1, -0.05) is 30.3 Å². The van der Waals surface area contributed by atoms with Crippen LogP contribution in [0.2, 0.25) is 0 Å². The quantitative estimate of drug-likeness (QED) is 0.484. The highest BCUT2D eigenvalue weighted by molar-refractivity contribution is 5.73. The Morgan fingerprint density at radius 2 is 1.32 bits per heavy atom. The van der Waals surface area contributed by atoms with Crippen LogP contribution < -0.4 is 4.74 Å². The second kappa shape index (κ2) is 6.79. The second-order valence-corrected chi connectivity index (χ2v) is 5.16. The Morgan fingerprint density at radius 3 is 1.92 bits per heavy atom. The number of nitrogens with zero attached hydrogens (tertiary/aromatic N) is 2. The summed E-state index contributed by atoms with van der Waals surface area (Å²) in [5.41, 5.74) is 1.24. The van der Waals surface area contributed by atoms with Gasteiger partial charge in [0.2, 0.25) is 0 Å². The van der Waals surface area contributed by atoms with Gasteiger partial charge in [0, 0.05) is 29.8 Å². The normalized spacial score (nSPS) is 10.2. The Morgan fingerprint density at radius 1 is 0.720 bits per heavy atom. The number of rotatable bonds is 5. The molecule has 0 bridgehead atoms. The summed E-state index contributed by atoms with van der Waals surface area (Å²) < 4.78 is 5.79. The van der Waals surface area contributed by atoms with Crippen LogP contribution in [-0.4, -0.2) is 9.85 Å². The molecule has 7 heteroatoms. The zero-order valence-electron chi connectivity index (χ0n) is 12.9. The minimum absolute atomic E-state index is 0.0423. The van der Waals surface area contributed by atoms with Crippen LogP contribution in [0, 0.1) is 20.2 Å². The third-order valence-corrected chi connectivity index (χ3v) is 3.53. The predicted octanol–water partition coefficient (Wildman–Crippen LogP) is 4.96. The molecule has 7 nitrogen and oxygen atoms in total. The van der Waals surface area contributed by atoms with Gasteiger partial charge in [-0.05, 0) is 23.8 Å². The van der Waals surface area contributed by atoms with Crippen LogP contribution >= 0.6 is 0 Å². The van der Waals surface area contributed by atoms with Crippen LogP contribution in [0.5, 0.6) is 11.5 Å². The Hall–Kier alpha value is -3.74. The molecule has 0 atom stereocenters. The standard InChI is InChI=1S/C18H12N2O5/c21-19(22)14-6-9-16(10-7-14)25-18-11-8-15(20(23)24)12-17(18)13-4-2-1-3-5-13/h1-12H. The molecule has 0 amide bonds. The molecule has 0 N–H and O–H groups in total. The van der Waals surface area contributed by atoms with Gasteiger partial charge >= 0.3 is 0 Å². The molecule has 3 aromatic rings. The maximum absolute atomic E-state index is 11.1. The lowest BCUT2D eigenvalue weighted by atomic mass is 10.0. The van der Waals surface area contributed by atoms with Crippen molar-refractivity contribution in [1.82, 2.24) is 0 Å². The van der Waals surface area contributed by atoms with Crippen molar-refractivity contribution in [3.63, 3.8) is 0 Å². The molecule has 0 aliphatic rings. The maximum Gasteiger partial charge on any atom is 0.270 e. The molecular weight excluding hydrogens is 324 g/mol. The Bertz CT molecular complexity index is 924. The van der Waals surface area contributed by atoms with E-state index < -0.39 is 9.85 Å². The number of nitro groups is 2. The largest absolute Gasteiger partial charge is 0.457 e. The fourth-order valence-electron chi connectivity index (χ4n) is 2.33. The molecule has 0 radical (unpaired) electrons. The highest BCUT2D eigenvalue weighted by Crippen LogP contribution is 2.36. The maximum atomic E-state index is 11.1. The highest BCUT2D eigenvalue weighted by atomic mass is 16.6. The summed E-state index contributed by atoms with van der Waals surface area (Å²) in [6.07, 6.45) is 0. The second-order valence-electron chi connectivity index (χ2n) is 5.16. The van der Waals surface area contributed by atoms with Crippen LogP contribution in [0.3, 0.4) is 0 Å². The molecule has 0 fully saturated rings. The van der Waals surface area contributed by atoms with Crippen molar-refractivity contribution in [3.8, 4) is 22.6 Å². The Kier molecular flexibility index (Phi) is 4.38. The Balaban J connectivity index is 2.00. The molecule has 3 aromatic carbocycles. The monoisotopic (exact) mass is 336 g/mol. The van der Waals surface area contributed by atoms with Gasteiger partial charge in [-0.2, -0.15) is 0 Å². The summed E-state index contributed by atoms with van der Waals surface area (Å²) in [6, 6.07) is 19.1. The molecule has 0 saturated carbocycles. The van der Waals surface area contributed by atoms with Crippen molar-refractivity contribution in [2.24, 2.45) is 0 Å². The number of nitro benzene ring substituents is 2. The molecular formula is C18H12N2O5. The predicted molar refractivity (Wildman–Crippen MR) is 91.7 cm³/mol. The van der Waals surface area contributed by atoms with Gasteiger partial charge in [0.05, 0.1) is 9.85 Å². The molecule has 0 heterocycles. The van der Waals surface area contributed by atoms with Gasteiger partial charge in [-0.15, -0.1) is 0 Å². The first-order valence-electron chi connectivity index (χ1n) is 7.31. The first-order chi connectivity index (χ1) is 12.0. The molecule has 0 saturated heterocycles. The van der Waals surface area contributed by atoms with E-state index in [1.54, 1.807) is 0 Å². The molecule has 124 valence electrons. The summed E-state index contributed by atoms with van der Waals surface area (Å²) in [7, 11) is 0. The van der Waals surface area contributed by atoms with Gasteiger partial charge in [0.25, 0.3) is 11.4 Å². The summed E-state index contributed by atoms with van der Waals surface area (Å²) in [5.74, 6) is 0.822. The van der Waals surface area contributed by atoms with E-state index in [0.717, 1.165) is 5.56 Å². The minimum atomic E-state index is -0.495. The van der Waals surface area contributed by atoms with Crippen LogP contribution in [0.4, 0.5) is 11.4 Å². The van der Waals surface area contributed by atoms with Crippen LogP contribution in [0.25, 0.3) is 11.1 Å². The molecule has 25 heavy (non-hydrogen) atoms. The van der Waals surface area contributed by atoms with Crippen molar-refractivity contribution in [2.45, 2.75) is 0 Å². The molecule has 0 spiro atoms. The number of benzene rings is 3. The van der Waals surface area contributed by atoms with Gasteiger partial charge < -0.3 is 4.74 Å². The summed E-state index contributed by atoms with van der Waals surface area (Å²) >= 11 is 0. The van der Waals surface area contributed by atoms with Crippen molar-refractivity contribution in [2.75, 3.05) is 0 Å². The smallest absolute Gasteiger partial charge is 0.270 e. The van der Waals surface area contributed by atoms with Crippen LogP contribution in [0.1, 0.15) is 0 Å². The highest BCUT2D eigenvalue weighted by Gasteiger charge is 2.14. The first kappa shape index (κ1) is 16.1. The van der Waals surface area contributed by atoms with E-state index in [1.165, 1.54) is 42.5 Å². The van der Waals surface area contributed by atoms with Gasteiger partial charge in [0.1, 0.15) is 11.5 Å². The third-order valence-electron chi connectivity index (χ3n) is 3.53. The summed E-state index contributed by atoms with van der Waals surface area (Å²) in [4.78, 5) is 20.8. The van der Waals surface area contributed by atoms with Crippen LogP contribution in [-0.2, 0) is 0 Å². The molecule has 0 aliphatic carbocycles. The van der Waals surface area contributed by atoms with E-state index >= 15 is 0 Å². The molecule has 0 aliphatic heterocycles. The molecule has 0 unspecified atom stereocenters. The lowest BCUT2D eigenvalue weighted by molar-refractivity contribution is -0.385. The SMILES string of the molecule is O=[N+]([O-])c1ccc(Oc2ccc([N+](=O)[O-])cc2-c2ccccc2)cc1. The fourth-order valence-corrected chi connectivity index (χ4v) is 2.33. The number of ether oxygens (including phenoxy) is 1. The lowest BCUT2D eigenvalue weighted by Crippen LogP contribution is -1.93. The summed E-state index contributed by atoms with van der Waals surface area (Å²) in [6.45, 7) is 0. The van der Waals surface area contributed by atoms with E-state index in [1.807, 2.05) is 30.3 Å². The zero-order valence-corrected chi connectivity index (χ0v) is 12.9. The van der Waals surface area contributed by atoms with Gasteiger partial charge in [-0.25, -0.2) is 0 Å². The van der Waals surface area contributed by atoms with Crippen LogP contribution in [0.15, 0.2) is 72.8 Å². The van der Waals surface area contributed by atoms with E-state index in [4.69, 9.17) is 4.74 Å². The number of hydrogen-bond acceptors (Lipinski definition) is 5. The average molecular weight is 336 g/mol. The third kappa shape index (κ3) is 3.61. The minimum Gasteiger partial charge on any atom is -0.457 e. The Labute approximate surface area is 142 Å². The van der Waals surface area contributed by atoms with Gasteiger partial charge in [0.15, 0.2) is 0 Å². The van der Waals surface area contributed by atoms with Gasteiger partial charge in [-0.3, -0.25) is 20.2 Å². The van der Waals surface area contributed by atoms with E-state index in [0.29, 0.717) is 17.1 Å². The topological polar surface area (TPSA) is 95.5 Å². The van der Waals surface area contributed by atoms with Crippen molar-refractivity contribution in [1.29, 1.82) is 0 Å². The summed E-state index contributed by atoms with van der Waals surface area (Å²) in [5, 5.41) is 21.8. The zero-order chi connectivity index (χ0) is 17.8. The van der Waals surface area contributed by atoms with E-state index in [9.17, 15) is 20.2 Å². The van der Waals surface area contributed by atoms with Crippen molar-refractivity contribution in [3.05, 3.63) is 93.0 Å². The van der Waals surface area contributed by atoms with Crippen molar-refractivity contribution < 1.29 is 14.6 Å². The molecule has 0 aromatic heterocycles. The lowest BCUT2D eigenvalue weighted by Gasteiger charge is -2.11. The number of non-ortho nitro benzene ring substituents is 2. The average Bonchev–Trinajstić information content (AvgIpc) is 2.63. The fraction of sp³-hybridized carbons (Fsp3) is 0. The van der Waals surface area contributed by atoms with E-state index in [2.05, 4.69) is 0 Å². The molecule has 3 rings (SSSR count). The first-order valence-corrected chi connectivity index (χ1v) is 7.31. The van der Waals surface area contributed by atoms with Crippen molar-refractivity contribution >= 4 is 11.4 Å².